The third kappa shape index (κ3) is 4.76. The first-order chi connectivity index (χ1) is 22.7. The predicted octanol–water partition coefficient (Wildman–Crippen LogP) is 11.9. The minimum Gasteiger partial charge on any atom is -0.456 e. The van der Waals surface area contributed by atoms with E-state index in [4.69, 9.17) is 14.4 Å². The molecule has 0 atom stereocenters. The van der Waals surface area contributed by atoms with Crippen LogP contribution in [0.15, 0.2) is 162 Å². The minimum absolute atomic E-state index is 0.709. The van der Waals surface area contributed by atoms with Crippen molar-refractivity contribution < 1.29 is 4.42 Å². The molecule has 0 fully saturated rings. The quantitative estimate of drug-likeness (QED) is 0.196. The Hall–Kier alpha value is -5.84. The lowest BCUT2D eigenvalue weighted by Crippen LogP contribution is -1.96. The van der Waals surface area contributed by atoms with Gasteiger partial charge in [0.05, 0.1) is 11.4 Å². The first-order valence-corrected chi connectivity index (χ1v) is 16.1. The van der Waals surface area contributed by atoms with Crippen molar-refractivity contribution in [3.05, 3.63) is 158 Å². The molecule has 0 saturated heterocycles. The Morgan fingerprint density at radius 3 is 1.76 bits per heavy atom. The zero-order valence-corrected chi connectivity index (χ0v) is 25.5. The van der Waals surface area contributed by atoms with Crippen LogP contribution in [0.2, 0.25) is 0 Å². The van der Waals surface area contributed by atoms with Crippen LogP contribution in [-0.2, 0) is 0 Å². The number of rotatable bonds is 5. The van der Waals surface area contributed by atoms with Gasteiger partial charge in [-0.15, -0.1) is 11.3 Å². The molecule has 0 amide bonds. The maximum Gasteiger partial charge on any atom is 0.160 e. The summed E-state index contributed by atoms with van der Waals surface area (Å²) in [5, 5.41) is 3.64. The molecule has 6 aromatic carbocycles. The molecule has 46 heavy (non-hydrogen) atoms. The lowest BCUT2D eigenvalue weighted by molar-refractivity contribution is 0.631. The number of nitrogens with zero attached hydrogens (tertiary/aromatic N) is 2. The minimum atomic E-state index is 0.709. The molecule has 0 radical (unpaired) electrons. The molecule has 0 bridgehead atoms. The molecule has 0 aliphatic heterocycles. The van der Waals surface area contributed by atoms with Crippen LogP contribution in [0.5, 0.6) is 0 Å². The summed E-state index contributed by atoms with van der Waals surface area (Å²) in [5.74, 6) is 1.56. The van der Waals surface area contributed by atoms with Crippen LogP contribution in [0, 0.1) is 0 Å². The van der Waals surface area contributed by atoms with Crippen LogP contribution in [0.3, 0.4) is 0 Å². The van der Waals surface area contributed by atoms with Crippen molar-refractivity contribution in [3.8, 4) is 56.4 Å². The predicted molar refractivity (Wildman–Crippen MR) is 192 cm³/mol. The molecule has 0 aliphatic carbocycles. The molecule has 3 heterocycles. The average molecular weight is 607 g/mol. The average Bonchev–Trinajstić information content (AvgIpc) is 3.73. The van der Waals surface area contributed by atoms with Gasteiger partial charge < -0.3 is 4.42 Å². The lowest BCUT2D eigenvalue weighted by atomic mass is 10.0. The molecule has 0 spiro atoms. The van der Waals surface area contributed by atoms with Gasteiger partial charge in [0, 0.05) is 47.8 Å². The van der Waals surface area contributed by atoms with E-state index in [0.29, 0.717) is 5.82 Å². The van der Waals surface area contributed by atoms with Gasteiger partial charge in [-0.25, -0.2) is 9.97 Å². The molecule has 3 nitrogen and oxygen atoms in total. The standard InChI is InChI=1S/C42H26N2OS/c1-2-8-27(9-3-1)28-14-16-29(17-15-28)36-26-37(30-18-20-31(21-19-30)39-24-32-10-4-6-12-38(32)45-39)44-42(43-36)33-22-23-35-34-11-5-7-13-40(34)46-41(35)25-33/h1-26H. The number of hydrogen-bond donors (Lipinski definition) is 0. The summed E-state index contributed by atoms with van der Waals surface area (Å²) in [5.41, 5.74) is 9.12. The van der Waals surface area contributed by atoms with Crippen molar-refractivity contribution in [1.82, 2.24) is 9.97 Å². The zero-order valence-electron chi connectivity index (χ0n) is 24.7. The highest BCUT2D eigenvalue weighted by Crippen LogP contribution is 2.37. The van der Waals surface area contributed by atoms with E-state index in [0.717, 1.165) is 50.4 Å². The summed E-state index contributed by atoms with van der Waals surface area (Å²) in [7, 11) is 0. The largest absolute Gasteiger partial charge is 0.456 e. The third-order valence-corrected chi connectivity index (χ3v) is 9.68. The van der Waals surface area contributed by atoms with Gasteiger partial charge in [-0.2, -0.15) is 0 Å². The molecule has 9 aromatic rings. The van der Waals surface area contributed by atoms with Gasteiger partial charge in [0.15, 0.2) is 5.82 Å². The maximum absolute atomic E-state index is 6.13. The van der Waals surface area contributed by atoms with Crippen molar-refractivity contribution in [3.63, 3.8) is 0 Å². The Morgan fingerprint density at radius 1 is 0.413 bits per heavy atom. The molecule has 3 aromatic heterocycles. The van der Waals surface area contributed by atoms with Crippen LogP contribution in [0.4, 0.5) is 0 Å². The van der Waals surface area contributed by atoms with Gasteiger partial charge in [-0.05, 0) is 41.5 Å². The van der Waals surface area contributed by atoms with Crippen LogP contribution in [0.1, 0.15) is 0 Å². The summed E-state index contributed by atoms with van der Waals surface area (Å²) in [6.45, 7) is 0. The van der Waals surface area contributed by atoms with Crippen LogP contribution in [0.25, 0.3) is 87.5 Å². The first-order valence-electron chi connectivity index (χ1n) is 15.3. The second-order valence-corrected chi connectivity index (χ2v) is 12.5. The number of furan rings is 1. The third-order valence-electron chi connectivity index (χ3n) is 8.54. The van der Waals surface area contributed by atoms with Gasteiger partial charge in [0.1, 0.15) is 11.3 Å². The van der Waals surface area contributed by atoms with Gasteiger partial charge >= 0.3 is 0 Å². The summed E-state index contributed by atoms with van der Waals surface area (Å²) in [4.78, 5) is 10.3. The Labute approximate surface area is 270 Å². The number of hydrogen-bond acceptors (Lipinski definition) is 4. The number of fused-ring (bicyclic) bond motifs is 4. The SMILES string of the molecule is c1ccc(-c2ccc(-c3cc(-c4ccc(-c5cc6ccccc6o5)cc4)nc(-c4ccc5c(c4)sc4ccccc45)n3)cc2)cc1. The molecule has 0 unspecified atom stereocenters. The highest BCUT2D eigenvalue weighted by Gasteiger charge is 2.14. The Balaban J connectivity index is 1.15. The normalized spacial score (nSPS) is 11.5. The summed E-state index contributed by atoms with van der Waals surface area (Å²) in [6, 6.07) is 55.0. The number of benzene rings is 6. The van der Waals surface area contributed by atoms with E-state index in [2.05, 4.69) is 133 Å². The summed E-state index contributed by atoms with van der Waals surface area (Å²) in [6.07, 6.45) is 0. The molecule has 0 saturated carbocycles. The van der Waals surface area contributed by atoms with Crippen LogP contribution < -0.4 is 0 Å². The van der Waals surface area contributed by atoms with Gasteiger partial charge in [-0.1, -0.05) is 127 Å². The molecule has 0 aliphatic rings. The van der Waals surface area contributed by atoms with Crippen LogP contribution in [-0.4, -0.2) is 9.97 Å². The summed E-state index contributed by atoms with van der Waals surface area (Å²) < 4.78 is 8.65. The Morgan fingerprint density at radius 2 is 1.00 bits per heavy atom. The second kappa shape index (κ2) is 11.0. The van der Waals surface area contributed by atoms with E-state index < -0.39 is 0 Å². The van der Waals surface area contributed by atoms with Crippen molar-refractivity contribution in [2.45, 2.75) is 0 Å². The number of thiophene rings is 1. The number of para-hydroxylation sites is 1. The molecule has 9 rings (SSSR count). The van der Waals surface area contributed by atoms with Crippen molar-refractivity contribution in [2.24, 2.45) is 0 Å². The second-order valence-electron chi connectivity index (χ2n) is 11.4. The monoisotopic (exact) mass is 606 g/mol. The fraction of sp³-hybridized carbons (Fsp3) is 0. The van der Waals surface area contributed by atoms with Gasteiger partial charge in [0.2, 0.25) is 0 Å². The molecular formula is C42H26N2OS. The smallest absolute Gasteiger partial charge is 0.160 e. The van der Waals surface area contributed by atoms with E-state index in [1.165, 1.54) is 31.3 Å². The Kier molecular flexibility index (Phi) is 6.32. The fourth-order valence-electron chi connectivity index (χ4n) is 6.13. The molecule has 4 heteroatoms. The molecular weight excluding hydrogens is 581 g/mol. The molecule has 216 valence electrons. The van der Waals surface area contributed by atoms with Crippen molar-refractivity contribution in [1.29, 1.82) is 0 Å². The number of aromatic nitrogens is 2. The topological polar surface area (TPSA) is 38.9 Å². The zero-order chi connectivity index (χ0) is 30.5. The highest BCUT2D eigenvalue weighted by molar-refractivity contribution is 7.25. The van der Waals surface area contributed by atoms with Gasteiger partial charge in [-0.3, -0.25) is 0 Å². The Bertz CT molecular complexity index is 2480. The van der Waals surface area contributed by atoms with Crippen molar-refractivity contribution >= 4 is 42.5 Å². The van der Waals surface area contributed by atoms with E-state index in [1.807, 2.05) is 35.6 Å². The van der Waals surface area contributed by atoms with E-state index in [-0.39, 0.29) is 0 Å². The van der Waals surface area contributed by atoms with Gasteiger partial charge in [0.25, 0.3) is 0 Å². The maximum atomic E-state index is 6.13. The molecule has 0 N–H and O–H groups in total. The van der Waals surface area contributed by atoms with E-state index in [1.54, 1.807) is 0 Å². The van der Waals surface area contributed by atoms with Crippen LogP contribution >= 0.6 is 11.3 Å². The summed E-state index contributed by atoms with van der Waals surface area (Å²) >= 11 is 1.81. The first kappa shape index (κ1) is 26.6. The highest BCUT2D eigenvalue weighted by atomic mass is 32.1. The van der Waals surface area contributed by atoms with Crippen molar-refractivity contribution in [2.75, 3.05) is 0 Å². The van der Waals surface area contributed by atoms with E-state index >= 15 is 0 Å². The fourth-order valence-corrected chi connectivity index (χ4v) is 7.28. The van der Waals surface area contributed by atoms with E-state index in [9.17, 15) is 0 Å². The lowest BCUT2D eigenvalue weighted by Gasteiger charge is -2.11.